The fourth-order valence-corrected chi connectivity index (χ4v) is 5.52. The van der Waals surface area contributed by atoms with Crippen molar-refractivity contribution in [2.24, 2.45) is 5.92 Å². The van der Waals surface area contributed by atoms with Crippen LogP contribution in [0.4, 0.5) is 0 Å². The van der Waals surface area contributed by atoms with Crippen LogP contribution in [0, 0.1) is 5.92 Å². The van der Waals surface area contributed by atoms with Gasteiger partial charge in [-0.15, -0.1) is 0 Å². The predicted octanol–water partition coefficient (Wildman–Crippen LogP) is 1.85. The van der Waals surface area contributed by atoms with E-state index in [4.69, 9.17) is 4.74 Å². The minimum Gasteiger partial charge on any atom is -0.381 e. The lowest BCUT2D eigenvalue weighted by atomic mass is 9.90. The van der Waals surface area contributed by atoms with Gasteiger partial charge in [-0.25, -0.2) is 0 Å². The highest BCUT2D eigenvalue weighted by atomic mass is 32.2. The van der Waals surface area contributed by atoms with Crippen LogP contribution in [0.1, 0.15) is 12.8 Å². The maximum absolute atomic E-state index is 5.44. The van der Waals surface area contributed by atoms with Crippen molar-refractivity contribution < 1.29 is 4.74 Å². The van der Waals surface area contributed by atoms with Gasteiger partial charge in [-0.2, -0.15) is 23.5 Å². The van der Waals surface area contributed by atoms with Crippen LogP contribution in [0.3, 0.4) is 0 Å². The van der Waals surface area contributed by atoms with Gasteiger partial charge in [-0.1, -0.05) is 0 Å². The fraction of sp³-hybridized carbons (Fsp3) is 1.00. The van der Waals surface area contributed by atoms with Crippen molar-refractivity contribution in [3.05, 3.63) is 0 Å². The smallest absolute Gasteiger partial charge is 0.0469 e. The Kier molecular flexibility index (Phi) is 5.14. The quantitative estimate of drug-likeness (QED) is 0.821. The molecule has 2 rings (SSSR count). The second-order valence-electron chi connectivity index (χ2n) is 4.25. The van der Waals surface area contributed by atoms with Gasteiger partial charge in [0.2, 0.25) is 0 Å². The molecule has 0 spiro atoms. The van der Waals surface area contributed by atoms with E-state index >= 15 is 0 Å². The molecule has 0 bridgehead atoms. The van der Waals surface area contributed by atoms with Crippen molar-refractivity contribution in [3.63, 3.8) is 0 Å². The van der Waals surface area contributed by atoms with Crippen molar-refractivity contribution in [1.29, 1.82) is 0 Å². The van der Waals surface area contributed by atoms with E-state index in [1.165, 1.54) is 30.1 Å². The van der Waals surface area contributed by atoms with Gasteiger partial charge < -0.3 is 10.1 Å². The molecule has 0 aromatic carbocycles. The average Bonchev–Trinajstić information content (AvgIpc) is 2.33. The first-order valence-electron chi connectivity index (χ1n) is 5.86. The van der Waals surface area contributed by atoms with Crippen LogP contribution in [0.5, 0.6) is 0 Å². The molecule has 15 heavy (non-hydrogen) atoms. The Morgan fingerprint density at radius 3 is 2.67 bits per heavy atom. The Labute approximate surface area is 101 Å². The average molecular weight is 247 g/mol. The number of ether oxygens (including phenoxy) is 1. The van der Waals surface area contributed by atoms with Gasteiger partial charge in [0, 0.05) is 41.8 Å². The van der Waals surface area contributed by atoms with Gasteiger partial charge >= 0.3 is 0 Å². The molecule has 0 aliphatic carbocycles. The molecule has 1 N–H and O–H groups in total. The summed E-state index contributed by atoms with van der Waals surface area (Å²) in [4.78, 5) is 0. The standard InChI is InChI=1S/C11H21NOS2/c1-12-11(9-2-4-13-5-3-9)10-8-14-6-7-15-10/h9-12H,2-8H2,1H3. The summed E-state index contributed by atoms with van der Waals surface area (Å²) >= 11 is 4.28. The molecule has 2 aliphatic heterocycles. The molecule has 0 radical (unpaired) electrons. The van der Waals surface area contributed by atoms with Crippen LogP contribution in [-0.4, -0.2) is 48.8 Å². The van der Waals surface area contributed by atoms with E-state index in [1.807, 2.05) is 0 Å². The predicted molar refractivity (Wildman–Crippen MR) is 70.0 cm³/mol. The van der Waals surface area contributed by atoms with Crippen molar-refractivity contribution in [2.45, 2.75) is 24.1 Å². The third kappa shape index (κ3) is 3.29. The second kappa shape index (κ2) is 6.38. The lowest BCUT2D eigenvalue weighted by Gasteiger charge is -2.36. The van der Waals surface area contributed by atoms with Crippen molar-refractivity contribution in [1.82, 2.24) is 5.32 Å². The molecule has 2 saturated heterocycles. The summed E-state index contributed by atoms with van der Waals surface area (Å²) in [5, 5.41) is 4.37. The monoisotopic (exact) mass is 247 g/mol. The van der Waals surface area contributed by atoms with E-state index in [-0.39, 0.29) is 0 Å². The van der Waals surface area contributed by atoms with Crippen LogP contribution < -0.4 is 5.32 Å². The summed E-state index contributed by atoms with van der Waals surface area (Å²) in [6.45, 7) is 1.93. The second-order valence-corrected chi connectivity index (χ2v) is 6.75. The molecule has 2 nitrogen and oxygen atoms in total. The molecule has 0 aromatic rings. The van der Waals surface area contributed by atoms with E-state index in [0.717, 1.165) is 24.4 Å². The zero-order valence-corrected chi connectivity index (χ0v) is 11.0. The van der Waals surface area contributed by atoms with Crippen LogP contribution in [0.25, 0.3) is 0 Å². The van der Waals surface area contributed by atoms with E-state index in [0.29, 0.717) is 6.04 Å². The van der Waals surface area contributed by atoms with E-state index in [2.05, 4.69) is 35.9 Å². The van der Waals surface area contributed by atoms with Crippen LogP contribution in [0.15, 0.2) is 0 Å². The summed E-state index contributed by atoms with van der Waals surface area (Å²) in [7, 11) is 2.12. The lowest BCUT2D eigenvalue weighted by molar-refractivity contribution is 0.0551. The van der Waals surface area contributed by atoms with Crippen molar-refractivity contribution in [3.8, 4) is 0 Å². The third-order valence-electron chi connectivity index (χ3n) is 3.35. The summed E-state index contributed by atoms with van der Waals surface area (Å²) in [6.07, 6.45) is 2.49. The molecule has 2 unspecified atom stereocenters. The Hall–Kier alpha value is 0.620. The highest BCUT2D eigenvalue weighted by Gasteiger charge is 2.31. The van der Waals surface area contributed by atoms with Gasteiger partial charge in [0.1, 0.15) is 0 Å². The topological polar surface area (TPSA) is 21.3 Å². The molecule has 0 saturated carbocycles. The Bertz CT molecular complexity index is 161. The van der Waals surface area contributed by atoms with Crippen LogP contribution >= 0.6 is 23.5 Å². The van der Waals surface area contributed by atoms with Crippen molar-refractivity contribution >= 4 is 23.5 Å². The number of thioether (sulfide) groups is 2. The molecule has 2 fully saturated rings. The molecule has 4 heteroatoms. The largest absolute Gasteiger partial charge is 0.381 e. The summed E-state index contributed by atoms with van der Waals surface area (Å²) < 4.78 is 5.44. The Morgan fingerprint density at radius 1 is 1.27 bits per heavy atom. The number of rotatable bonds is 3. The van der Waals surface area contributed by atoms with Crippen LogP contribution in [0.2, 0.25) is 0 Å². The maximum atomic E-state index is 5.44. The molecule has 2 heterocycles. The van der Waals surface area contributed by atoms with E-state index in [9.17, 15) is 0 Å². The molecular formula is C11H21NOS2. The zero-order chi connectivity index (χ0) is 10.5. The molecular weight excluding hydrogens is 226 g/mol. The fourth-order valence-electron chi connectivity index (χ4n) is 2.51. The van der Waals surface area contributed by atoms with Gasteiger partial charge in [0.15, 0.2) is 0 Å². The van der Waals surface area contributed by atoms with Crippen LogP contribution in [-0.2, 0) is 4.74 Å². The highest BCUT2D eigenvalue weighted by molar-refractivity contribution is 8.06. The molecule has 88 valence electrons. The Balaban J connectivity index is 1.88. The minimum absolute atomic E-state index is 0.701. The van der Waals surface area contributed by atoms with Gasteiger partial charge in [-0.05, 0) is 25.8 Å². The molecule has 2 atom stereocenters. The number of hydrogen-bond acceptors (Lipinski definition) is 4. The first kappa shape index (κ1) is 12.1. The number of hydrogen-bond donors (Lipinski definition) is 1. The first-order valence-corrected chi connectivity index (χ1v) is 8.06. The molecule has 2 aliphatic rings. The van der Waals surface area contributed by atoms with Gasteiger partial charge in [0.25, 0.3) is 0 Å². The summed E-state index contributed by atoms with van der Waals surface area (Å²) in [5.41, 5.74) is 0. The first-order chi connectivity index (χ1) is 7.42. The minimum atomic E-state index is 0.701. The van der Waals surface area contributed by atoms with Gasteiger partial charge in [0.05, 0.1) is 0 Å². The number of nitrogens with one attached hydrogen (secondary N) is 1. The SMILES string of the molecule is CNC(C1CCOCC1)C1CSCCS1. The molecule has 0 aromatic heterocycles. The highest BCUT2D eigenvalue weighted by Crippen LogP contribution is 2.32. The molecule has 0 amide bonds. The van der Waals surface area contributed by atoms with Crippen molar-refractivity contribution in [2.75, 3.05) is 37.5 Å². The normalized spacial score (nSPS) is 31.4. The lowest BCUT2D eigenvalue weighted by Crippen LogP contribution is -2.46. The third-order valence-corrected chi connectivity index (χ3v) is 6.23. The summed E-state index contributed by atoms with van der Waals surface area (Å²) in [5.74, 6) is 4.83. The Morgan fingerprint density at radius 2 is 2.07 bits per heavy atom. The zero-order valence-electron chi connectivity index (χ0n) is 9.41. The van der Waals surface area contributed by atoms with E-state index < -0.39 is 0 Å². The maximum Gasteiger partial charge on any atom is 0.0469 e. The van der Waals surface area contributed by atoms with E-state index in [1.54, 1.807) is 0 Å². The van der Waals surface area contributed by atoms with Gasteiger partial charge in [-0.3, -0.25) is 0 Å². The summed E-state index contributed by atoms with van der Waals surface area (Å²) in [6, 6.07) is 0.701.